The van der Waals surface area contributed by atoms with Crippen LogP contribution in [0.3, 0.4) is 0 Å². The number of hydrogen-bond donors (Lipinski definition) is 1. The molecule has 0 bridgehead atoms. The molecule has 1 fully saturated rings. The van der Waals surface area contributed by atoms with Crippen molar-refractivity contribution in [3.05, 3.63) is 28.8 Å². The van der Waals surface area contributed by atoms with Crippen LogP contribution >= 0.6 is 11.6 Å². The molecular weight excluding hydrogens is 336 g/mol. The van der Waals surface area contributed by atoms with Gasteiger partial charge in [-0.05, 0) is 49.9 Å². The van der Waals surface area contributed by atoms with Gasteiger partial charge in [-0.3, -0.25) is 4.79 Å². The van der Waals surface area contributed by atoms with E-state index in [0.29, 0.717) is 37.4 Å². The fraction of sp³-hybridized carbons (Fsp3) is 0.562. The lowest BCUT2D eigenvalue weighted by Gasteiger charge is -2.30. The lowest BCUT2D eigenvalue weighted by Crippen LogP contribution is -2.42. The molecule has 1 heterocycles. The molecule has 5 nitrogen and oxygen atoms in total. The van der Waals surface area contributed by atoms with Crippen LogP contribution in [0.4, 0.5) is 5.69 Å². The van der Waals surface area contributed by atoms with E-state index in [1.54, 1.807) is 18.2 Å². The van der Waals surface area contributed by atoms with Gasteiger partial charge in [-0.25, -0.2) is 12.7 Å². The predicted molar refractivity (Wildman–Crippen MR) is 93.2 cm³/mol. The van der Waals surface area contributed by atoms with Crippen molar-refractivity contribution in [2.45, 2.75) is 33.1 Å². The number of halogens is 1. The average molecular weight is 359 g/mol. The number of piperidine rings is 1. The van der Waals surface area contributed by atoms with Crippen LogP contribution in [-0.4, -0.2) is 37.5 Å². The number of carbonyl (C=O) groups is 1. The van der Waals surface area contributed by atoms with Crippen LogP contribution in [0.2, 0.25) is 5.02 Å². The zero-order valence-electron chi connectivity index (χ0n) is 13.5. The summed E-state index contributed by atoms with van der Waals surface area (Å²) in [6.45, 7) is 4.58. The van der Waals surface area contributed by atoms with Crippen LogP contribution in [-0.2, 0) is 14.8 Å². The van der Waals surface area contributed by atoms with Gasteiger partial charge in [0.2, 0.25) is 15.9 Å². The molecule has 1 aromatic carbocycles. The molecule has 2 rings (SSSR count). The second kappa shape index (κ2) is 7.64. The van der Waals surface area contributed by atoms with Gasteiger partial charge in [0.05, 0.1) is 5.75 Å². The van der Waals surface area contributed by atoms with Crippen LogP contribution in [0.25, 0.3) is 0 Å². The van der Waals surface area contributed by atoms with E-state index < -0.39 is 10.0 Å². The molecule has 23 heavy (non-hydrogen) atoms. The smallest absolute Gasteiger partial charge is 0.227 e. The number of nitrogens with one attached hydrogen (secondary N) is 1. The Kier molecular flexibility index (Phi) is 6.06. The molecule has 1 aliphatic rings. The normalized spacial score (nSPS) is 17.2. The number of amides is 1. The Hall–Kier alpha value is -1.11. The fourth-order valence-corrected chi connectivity index (χ4v) is 4.55. The Morgan fingerprint density at radius 2 is 2.00 bits per heavy atom. The molecule has 0 aromatic heterocycles. The van der Waals surface area contributed by atoms with Crippen LogP contribution < -0.4 is 5.32 Å². The van der Waals surface area contributed by atoms with E-state index in [1.165, 1.54) is 4.31 Å². The standard InChI is InChI=1S/C16H23ClN2O3S/c1-3-10-23(21,22)19-8-6-13(7-9-19)16(20)18-15-5-4-14(17)11-12(15)2/h4-5,11,13H,3,6-10H2,1-2H3,(H,18,20). The maximum absolute atomic E-state index is 12.4. The Balaban J connectivity index is 1.93. The Morgan fingerprint density at radius 1 is 1.35 bits per heavy atom. The Bertz CT molecular complexity index is 668. The van der Waals surface area contributed by atoms with Crippen LogP contribution in [0.1, 0.15) is 31.7 Å². The van der Waals surface area contributed by atoms with Crippen LogP contribution in [0, 0.1) is 12.8 Å². The molecule has 0 atom stereocenters. The molecule has 0 unspecified atom stereocenters. The molecule has 128 valence electrons. The van der Waals surface area contributed by atoms with E-state index in [9.17, 15) is 13.2 Å². The van der Waals surface area contributed by atoms with Crippen molar-refractivity contribution in [3.63, 3.8) is 0 Å². The maximum Gasteiger partial charge on any atom is 0.227 e. The van der Waals surface area contributed by atoms with Gasteiger partial charge in [0, 0.05) is 29.7 Å². The van der Waals surface area contributed by atoms with Gasteiger partial charge < -0.3 is 5.32 Å². The maximum atomic E-state index is 12.4. The zero-order chi connectivity index (χ0) is 17.0. The number of aryl methyl sites for hydroxylation is 1. The van der Waals surface area contributed by atoms with E-state index in [1.807, 2.05) is 13.8 Å². The number of benzene rings is 1. The van der Waals surface area contributed by atoms with Gasteiger partial charge in [0.25, 0.3) is 0 Å². The minimum Gasteiger partial charge on any atom is -0.326 e. The number of hydrogen-bond acceptors (Lipinski definition) is 3. The van der Waals surface area contributed by atoms with Crippen molar-refractivity contribution in [1.82, 2.24) is 4.31 Å². The van der Waals surface area contributed by atoms with E-state index in [2.05, 4.69) is 5.32 Å². The van der Waals surface area contributed by atoms with E-state index in [0.717, 1.165) is 11.3 Å². The second-order valence-corrected chi connectivity index (χ2v) is 8.46. The third-order valence-corrected chi connectivity index (χ3v) is 6.44. The van der Waals surface area contributed by atoms with Crippen molar-refractivity contribution in [1.29, 1.82) is 0 Å². The average Bonchev–Trinajstić information content (AvgIpc) is 2.50. The quantitative estimate of drug-likeness (QED) is 0.879. The van der Waals surface area contributed by atoms with Crippen molar-refractivity contribution < 1.29 is 13.2 Å². The largest absolute Gasteiger partial charge is 0.326 e. The van der Waals surface area contributed by atoms with Crippen LogP contribution in [0.15, 0.2) is 18.2 Å². The molecule has 0 aliphatic carbocycles. The number of carbonyl (C=O) groups excluding carboxylic acids is 1. The van der Waals surface area contributed by atoms with Gasteiger partial charge in [-0.1, -0.05) is 18.5 Å². The van der Waals surface area contributed by atoms with E-state index in [4.69, 9.17) is 11.6 Å². The highest BCUT2D eigenvalue weighted by Crippen LogP contribution is 2.24. The monoisotopic (exact) mass is 358 g/mol. The van der Waals surface area contributed by atoms with Crippen molar-refractivity contribution in [2.75, 3.05) is 24.2 Å². The van der Waals surface area contributed by atoms with E-state index >= 15 is 0 Å². The summed E-state index contributed by atoms with van der Waals surface area (Å²) in [7, 11) is -3.17. The molecule has 0 radical (unpaired) electrons. The fourth-order valence-electron chi connectivity index (χ4n) is 2.79. The number of anilines is 1. The minimum atomic E-state index is -3.17. The van der Waals surface area contributed by atoms with Gasteiger partial charge in [0.15, 0.2) is 0 Å². The highest BCUT2D eigenvalue weighted by Gasteiger charge is 2.30. The summed E-state index contributed by atoms with van der Waals surface area (Å²) in [6.07, 6.45) is 1.72. The summed E-state index contributed by atoms with van der Waals surface area (Å²) in [6, 6.07) is 5.33. The van der Waals surface area contributed by atoms with Gasteiger partial charge in [-0.2, -0.15) is 0 Å². The first-order chi connectivity index (χ1) is 10.8. The Morgan fingerprint density at radius 3 is 2.57 bits per heavy atom. The predicted octanol–water partition coefficient (Wildman–Crippen LogP) is 3.04. The molecule has 1 N–H and O–H groups in total. The summed E-state index contributed by atoms with van der Waals surface area (Å²) in [4.78, 5) is 12.4. The third-order valence-electron chi connectivity index (χ3n) is 4.13. The molecule has 1 aliphatic heterocycles. The first-order valence-corrected chi connectivity index (χ1v) is 9.87. The minimum absolute atomic E-state index is 0.0528. The number of sulfonamides is 1. The summed E-state index contributed by atoms with van der Waals surface area (Å²) in [5, 5.41) is 3.55. The first-order valence-electron chi connectivity index (χ1n) is 7.88. The highest BCUT2D eigenvalue weighted by molar-refractivity contribution is 7.89. The van der Waals surface area contributed by atoms with Crippen molar-refractivity contribution >= 4 is 33.2 Å². The molecule has 0 saturated carbocycles. The number of rotatable bonds is 5. The van der Waals surface area contributed by atoms with Gasteiger partial charge in [-0.15, -0.1) is 0 Å². The number of nitrogens with zero attached hydrogens (tertiary/aromatic N) is 1. The van der Waals surface area contributed by atoms with Crippen molar-refractivity contribution in [3.8, 4) is 0 Å². The lowest BCUT2D eigenvalue weighted by atomic mass is 9.97. The summed E-state index contributed by atoms with van der Waals surface area (Å²) < 4.78 is 25.6. The Labute approximate surface area is 143 Å². The molecule has 1 aromatic rings. The summed E-state index contributed by atoms with van der Waals surface area (Å²) in [5.41, 5.74) is 1.66. The second-order valence-electron chi connectivity index (χ2n) is 5.94. The zero-order valence-corrected chi connectivity index (χ0v) is 15.1. The third kappa shape index (κ3) is 4.68. The van der Waals surface area contributed by atoms with Crippen molar-refractivity contribution in [2.24, 2.45) is 5.92 Å². The van der Waals surface area contributed by atoms with E-state index in [-0.39, 0.29) is 17.6 Å². The van der Waals surface area contributed by atoms with Crippen LogP contribution in [0.5, 0.6) is 0 Å². The summed E-state index contributed by atoms with van der Waals surface area (Å²) >= 11 is 5.91. The molecule has 1 saturated heterocycles. The molecular formula is C16H23ClN2O3S. The molecule has 7 heteroatoms. The van der Waals surface area contributed by atoms with Gasteiger partial charge >= 0.3 is 0 Å². The first kappa shape index (κ1) is 18.2. The molecule has 0 spiro atoms. The lowest BCUT2D eigenvalue weighted by molar-refractivity contribution is -0.120. The topological polar surface area (TPSA) is 66.5 Å². The van der Waals surface area contributed by atoms with Gasteiger partial charge in [0.1, 0.15) is 0 Å². The SMILES string of the molecule is CCCS(=O)(=O)N1CCC(C(=O)Nc2ccc(Cl)cc2C)CC1. The molecule has 1 amide bonds. The summed E-state index contributed by atoms with van der Waals surface area (Å²) in [5.74, 6) is -0.0329. The highest BCUT2D eigenvalue weighted by atomic mass is 35.5.